The third kappa shape index (κ3) is 1.34. The van der Waals surface area contributed by atoms with E-state index >= 15 is 0 Å². The van der Waals surface area contributed by atoms with Gasteiger partial charge in [0.05, 0.1) is 5.69 Å². The monoisotopic (exact) mass is 226 g/mol. The zero-order valence-corrected chi connectivity index (χ0v) is 9.86. The van der Waals surface area contributed by atoms with Crippen molar-refractivity contribution < 1.29 is 0 Å². The summed E-state index contributed by atoms with van der Waals surface area (Å²) in [6, 6.07) is 8.22. The van der Waals surface area contributed by atoms with Crippen LogP contribution in [0.5, 0.6) is 0 Å². The zero-order chi connectivity index (χ0) is 12.0. The fourth-order valence-corrected chi connectivity index (χ4v) is 2.29. The van der Waals surface area contributed by atoms with E-state index < -0.39 is 0 Å². The van der Waals surface area contributed by atoms with Gasteiger partial charge in [0.2, 0.25) is 0 Å². The van der Waals surface area contributed by atoms with Crippen molar-refractivity contribution in [3.8, 4) is 11.3 Å². The minimum absolute atomic E-state index is 0.591. The molecule has 17 heavy (non-hydrogen) atoms. The van der Waals surface area contributed by atoms with E-state index in [1.807, 2.05) is 37.0 Å². The second-order valence-corrected chi connectivity index (χ2v) is 4.23. The van der Waals surface area contributed by atoms with Crippen LogP contribution in [0.2, 0.25) is 0 Å². The molecule has 4 nitrogen and oxygen atoms in total. The number of nitrogens with two attached hydrogens (primary N) is 1. The van der Waals surface area contributed by atoms with E-state index in [9.17, 15) is 0 Å². The molecule has 0 amide bonds. The van der Waals surface area contributed by atoms with E-state index in [4.69, 9.17) is 5.73 Å². The average molecular weight is 226 g/mol. The number of fused-ring (bicyclic) bond motifs is 1. The molecule has 0 bridgehead atoms. The maximum Gasteiger partial charge on any atom is 0.149 e. The van der Waals surface area contributed by atoms with Gasteiger partial charge >= 0.3 is 0 Å². The number of aromatic amines is 1. The van der Waals surface area contributed by atoms with Gasteiger partial charge in [0, 0.05) is 35.3 Å². The lowest BCUT2D eigenvalue weighted by molar-refractivity contribution is 0.780. The summed E-state index contributed by atoms with van der Waals surface area (Å²) >= 11 is 0. The lowest BCUT2D eigenvalue weighted by atomic mass is 10.1. The van der Waals surface area contributed by atoms with Crippen LogP contribution in [0.4, 0.5) is 5.82 Å². The first-order valence-corrected chi connectivity index (χ1v) is 5.54. The predicted octanol–water partition coefficient (Wildman–Crippen LogP) is 2.46. The van der Waals surface area contributed by atoms with Crippen molar-refractivity contribution in [2.24, 2.45) is 7.05 Å². The third-order valence-electron chi connectivity index (χ3n) is 3.17. The molecular formula is C13H14N4. The summed E-state index contributed by atoms with van der Waals surface area (Å²) in [7, 11) is 1.92. The molecule has 86 valence electrons. The Morgan fingerprint density at radius 2 is 2.06 bits per heavy atom. The first-order valence-electron chi connectivity index (χ1n) is 5.54. The molecule has 0 saturated carbocycles. The van der Waals surface area contributed by atoms with Gasteiger partial charge in [-0.3, -0.25) is 4.68 Å². The quantitative estimate of drug-likeness (QED) is 0.669. The van der Waals surface area contributed by atoms with Crippen LogP contribution in [0.15, 0.2) is 30.5 Å². The SMILES string of the molecule is Cc1c(N)nn(C)c1-c1c[nH]c2ccccc12. The molecule has 0 aliphatic heterocycles. The average Bonchev–Trinajstić information content (AvgIpc) is 2.82. The Labute approximate surface area is 99.1 Å². The highest BCUT2D eigenvalue weighted by molar-refractivity contribution is 5.95. The van der Waals surface area contributed by atoms with Crippen LogP contribution >= 0.6 is 0 Å². The highest BCUT2D eigenvalue weighted by Gasteiger charge is 2.15. The molecule has 2 heterocycles. The number of aryl methyl sites for hydroxylation is 1. The Morgan fingerprint density at radius 3 is 2.76 bits per heavy atom. The first kappa shape index (κ1) is 9.96. The van der Waals surface area contributed by atoms with Gasteiger partial charge in [0.1, 0.15) is 5.82 Å². The van der Waals surface area contributed by atoms with Crippen LogP contribution in [-0.2, 0) is 7.05 Å². The Kier molecular flexibility index (Phi) is 1.98. The van der Waals surface area contributed by atoms with Crippen molar-refractivity contribution in [3.63, 3.8) is 0 Å². The second-order valence-electron chi connectivity index (χ2n) is 4.23. The van der Waals surface area contributed by atoms with Crippen LogP contribution in [0, 0.1) is 6.92 Å². The van der Waals surface area contributed by atoms with Gasteiger partial charge in [0.25, 0.3) is 0 Å². The highest BCUT2D eigenvalue weighted by Crippen LogP contribution is 2.32. The number of H-pyrrole nitrogens is 1. The van der Waals surface area contributed by atoms with Crippen molar-refractivity contribution in [1.29, 1.82) is 0 Å². The normalized spacial score (nSPS) is 11.2. The number of aromatic nitrogens is 3. The van der Waals surface area contributed by atoms with Crippen LogP contribution in [-0.4, -0.2) is 14.8 Å². The zero-order valence-electron chi connectivity index (χ0n) is 9.86. The van der Waals surface area contributed by atoms with Crippen molar-refractivity contribution in [2.45, 2.75) is 6.92 Å². The van der Waals surface area contributed by atoms with Gasteiger partial charge < -0.3 is 10.7 Å². The van der Waals surface area contributed by atoms with Gasteiger partial charge in [-0.1, -0.05) is 18.2 Å². The summed E-state index contributed by atoms with van der Waals surface area (Å²) in [5.41, 5.74) is 10.2. The van der Waals surface area contributed by atoms with Crippen molar-refractivity contribution in [1.82, 2.24) is 14.8 Å². The van der Waals surface area contributed by atoms with Crippen molar-refractivity contribution >= 4 is 16.7 Å². The molecule has 0 aliphatic rings. The van der Waals surface area contributed by atoms with Crippen LogP contribution in [0.3, 0.4) is 0 Å². The molecule has 0 spiro atoms. The number of hydrogen-bond acceptors (Lipinski definition) is 2. The minimum atomic E-state index is 0.591. The molecule has 0 fully saturated rings. The maximum absolute atomic E-state index is 5.85. The largest absolute Gasteiger partial charge is 0.382 e. The fraction of sp³-hybridized carbons (Fsp3) is 0.154. The number of rotatable bonds is 1. The van der Waals surface area contributed by atoms with Gasteiger partial charge in [-0.15, -0.1) is 0 Å². The number of hydrogen-bond donors (Lipinski definition) is 2. The molecule has 0 aliphatic carbocycles. The minimum Gasteiger partial charge on any atom is -0.382 e. The number of nitrogen functional groups attached to an aromatic ring is 1. The number of anilines is 1. The molecule has 4 heteroatoms. The molecule has 2 aromatic heterocycles. The third-order valence-corrected chi connectivity index (χ3v) is 3.17. The molecule has 1 aromatic carbocycles. The molecule has 0 radical (unpaired) electrons. The maximum atomic E-state index is 5.85. The van der Waals surface area contributed by atoms with E-state index in [2.05, 4.69) is 22.2 Å². The number of nitrogens with zero attached hydrogens (tertiary/aromatic N) is 2. The fourth-order valence-electron chi connectivity index (χ4n) is 2.29. The number of benzene rings is 1. The van der Waals surface area contributed by atoms with E-state index in [1.165, 1.54) is 5.39 Å². The van der Waals surface area contributed by atoms with Crippen molar-refractivity contribution in [2.75, 3.05) is 5.73 Å². The molecule has 0 unspecified atom stereocenters. The summed E-state index contributed by atoms with van der Waals surface area (Å²) < 4.78 is 1.83. The molecule has 3 rings (SSSR count). The predicted molar refractivity (Wildman–Crippen MR) is 69.7 cm³/mol. The summed E-state index contributed by atoms with van der Waals surface area (Å²) in [4.78, 5) is 3.27. The van der Waals surface area contributed by atoms with Gasteiger partial charge in [-0.25, -0.2) is 0 Å². The summed E-state index contributed by atoms with van der Waals surface area (Å²) in [5, 5.41) is 5.45. The van der Waals surface area contributed by atoms with Crippen molar-refractivity contribution in [3.05, 3.63) is 36.0 Å². The van der Waals surface area contributed by atoms with Gasteiger partial charge in [0.15, 0.2) is 0 Å². The first-order chi connectivity index (χ1) is 8.18. The van der Waals surface area contributed by atoms with Gasteiger partial charge in [-0.05, 0) is 13.0 Å². The number of nitrogens with one attached hydrogen (secondary N) is 1. The van der Waals surface area contributed by atoms with Crippen LogP contribution in [0.25, 0.3) is 22.2 Å². The smallest absolute Gasteiger partial charge is 0.149 e. The van der Waals surface area contributed by atoms with E-state index in [1.54, 1.807) is 0 Å². The summed E-state index contributed by atoms with van der Waals surface area (Å²) in [6.07, 6.45) is 2.01. The van der Waals surface area contributed by atoms with Crippen LogP contribution in [0.1, 0.15) is 5.56 Å². The molecule has 3 N–H and O–H groups in total. The standard InChI is InChI=1S/C13H14N4/c1-8-12(17(2)16-13(8)14)10-7-15-11-6-4-3-5-9(10)11/h3-7,15H,1-2H3,(H2,14,16). The Bertz CT molecular complexity index is 691. The second kappa shape index (κ2) is 3.38. The Balaban J connectivity index is 2.35. The number of para-hydroxylation sites is 1. The molecular weight excluding hydrogens is 212 g/mol. The van der Waals surface area contributed by atoms with E-state index in [0.29, 0.717) is 5.82 Å². The lowest BCUT2D eigenvalue weighted by Gasteiger charge is -2.01. The van der Waals surface area contributed by atoms with E-state index in [0.717, 1.165) is 22.3 Å². The van der Waals surface area contributed by atoms with Crippen LogP contribution < -0.4 is 5.73 Å². The van der Waals surface area contributed by atoms with E-state index in [-0.39, 0.29) is 0 Å². The molecule has 0 atom stereocenters. The Morgan fingerprint density at radius 1 is 1.29 bits per heavy atom. The topological polar surface area (TPSA) is 59.6 Å². The van der Waals surface area contributed by atoms with Gasteiger partial charge in [-0.2, -0.15) is 5.10 Å². The highest BCUT2D eigenvalue weighted by atomic mass is 15.3. The Hall–Kier alpha value is -2.23. The summed E-state index contributed by atoms with van der Waals surface area (Å²) in [5.74, 6) is 0.591. The molecule has 0 saturated heterocycles. The molecule has 3 aromatic rings. The summed E-state index contributed by atoms with van der Waals surface area (Å²) in [6.45, 7) is 2.00. The lowest BCUT2D eigenvalue weighted by Crippen LogP contribution is -1.94.